The number of halogens is 1. The van der Waals surface area contributed by atoms with Gasteiger partial charge in [-0.15, -0.1) is 11.8 Å². The van der Waals surface area contributed by atoms with E-state index < -0.39 is 5.79 Å². The van der Waals surface area contributed by atoms with Crippen molar-refractivity contribution < 1.29 is 9.47 Å². The first-order chi connectivity index (χ1) is 7.80. The summed E-state index contributed by atoms with van der Waals surface area (Å²) in [5.41, 5.74) is 17.1. The molecule has 0 amide bonds. The lowest BCUT2D eigenvalue weighted by Gasteiger charge is -2.16. The molecule has 1 atom stereocenters. The van der Waals surface area contributed by atoms with E-state index in [1.165, 1.54) is 17.8 Å². The smallest absolute Gasteiger partial charge is 0.163 e. The van der Waals surface area contributed by atoms with Crippen LogP contribution in [0.5, 0.6) is 0 Å². The van der Waals surface area contributed by atoms with Crippen LogP contribution in [0.2, 0.25) is 0 Å². The molecular weight excluding hydrogens is 262 g/mol. The standard InChI is InChI=1S/C10H18ClN3O2S/c1-10(2)15-4-6(16-10)5-17-9(14)7(12)3-8(11)13/h3,6H,4-5,12-14H2,1-2H3/b8-3-,9-7-. The van der Waals surface area contributed by atoms with Gasteiger partial charge in [-0.2, -0.15) is 0 Å². The van der Waals surface area contributed by atoms with Crippen LogP contribution in [0.4, 0.5) is 0 Å². The van der Waals surface area contributed by atoms with E-state index in [9.17, 15) is 0 Å². The molecule has 98 valence electrons. The summed E-state index contributed by atoms with van der Waals surface area (Å²) in [5, 5.41) is 0.578. The van der Waals surface area contributed by atoms with E-state index in [2.05, 4.69) is 0 Å². The predicted octanol–water partition coefficient (Wildman–Crippen LogP) is 0.997. The van der Waals surface area contributed by atoms with Crippen molar-refractivity contribution in [2.24, 2.45) is 17.2 Å². The Kier molecular flexibility index (Phi) is 5.00. The van der Waals surface area contributed by atoms with Crippen molar-refractivity contribution in [3.05, 3.63) is 22.0 Å². The third kappa shape index (κ3) is 5.08. The van der Waals surface area contributed by atoms with Crippen LogP contribution < -0.4 is 17.2 Å². The average molecular weight is 280 g/mol. The Balaban J connectivity index is 2.44. The summed E-state index contributed by atoms with van der Waals surface area (Å²) >= 11 is 6.89. The van der Waals surface area contributed by atoms with Crippen molar-refractivity contribution in [2.75, 3.05) is 12.4 Å². The van der Waals surface area contributed by atoms with Crippen molar-refractivity contribution in [3.63, 3.8) is 0 Å². The number of hydrogen-bond acceptors (Lipinski definition) is 6. The van der Waals surface area contributed by atoms with Gasteiger partial charge in [0, 0.05) is 5.75 Å². The molecule has 1 aliphatic heterocycles. The van der Waals surface area contributed by atoms with Crippen LogP contribution in [-0.4, -0.2) is 24.3 Å². The van der Waals surface area contributed by atoms with Gasteiger partial charge in [-0.25, -0.2) is 0 Å². The lowest BCUT2D eigenvalue weighted by molar-refractivity contribution is -0.135. The molecule has 1 saturated heterocycles. The molecule has 0 radical (unpaired) electrons. The second kappa shape index (κ2) is 5.86. The van der Waals surface area contributed by atoms with Gasteiger partial charge in [0.15, 0.2) is 5.79 Å². The molecule has 1 rings (SSSR count). The highest BCUT2D eigenvalue weighted by molar-refractivity contribution is 8.03. The molecule has 0 aromatic rings. The van der Waals surface area contributed by atoms with Gasteiger partial charge in [-0.1, -0.05) is 11.6 Å². The third-order valence-corrected chi connectivity index (χ3v) is 3.26. The quantitative estimate of drug-likeness (QED) is 0.525. The Morgan fingerprint density at radius 2 is 2.12 bits per heavy atom. The first kappa shape index (κ1) is 14.5. The second-order valence-corrected chi connectivity index (χ2v) is 5.61. The number of ether oxygens (including phenoxy) is 2. The maximum atomic E-state index is 5.77. The van der Waals surface area contributed by atoms with Gasteiger partial charge in [0.25, 0.3) is 0 Å². The van der Waals surface area contributed by atoms with Gasteiger partial charge in [0.05, 0.1) is 23.4 Å². The number of hydrogen-bond donors (Lipinski definition) is 3. The number of nitrogens with two attached hydrogens (primary N) is 3. The van der Waals surface area contributed by atoms with Crippen LogP contribution in [0.15, 0.2) is 22.0 Å². The van der Waals surface area contributed by atoms with Gasteiger partial charge in [0.2, 0.25) is 0 Å². The highest BCUT2D eigenvalue weighted by atomic mass is 35.5. The maximum absolute atomic E-state index is 5.77. The molecule has 6 N–H and O–H groups in total. The first-order valence-corrected chi connectivity index (χ1v) is 6.49. The zero-order chi connectivity index (χ0) is 13.1. The largest absolute Gasteiger partial charge is 0.397 e. The second-order valence-electron chi connectivity index (χ2n) is 4.11. The molecule has 0 aliphatic carbocycles. The Hall–Kier alpha value is -0.560. The van der Waals surface area contributed by atoms with Crippen LogP contribution in [0.3, 0.4) is 0 Å². The molecular formula is C10H18ClN3O2S. The molecule has 1 heterocycles. The van der Waals surface area contributed by atoms with E-state index in [0.717, 1.165) is 0 Å². The monoisotopic (exact) mass is 279 g/mol. The van der Waals surface area contributed by atoms with Gasteiger partial charge in [-0.3, -0.25) is 0 Å². The van der Waals surface area contributed by atoms with E-state index >= 15 is 0 Å². The fraction of sp³-hybridized carbons (Fsp3) is 0.600. The van der Waals surface area contributed by atoms with Crippen molar-refractivity contribution in [1.29, 1.82) is 0 Å². The minimum absolute atomic E-state index is 0.0127. The molecule has 1 unspecified atom stereocenters. The predicted molar refractivity (Wildman–Crippen MR) is 70.9 cm³/mol. The minimum atomic E-state index is -0.518. The Morgan fingerprint density at radius 1 is 1.47 bits per heavy atom. The van der Waals surface area contributed by atoms with E-state index in [1.807, 2.05) is 13.8 Å². The van der Waals surface area contributed by atoms with Crippen LogP contribution in [-0.2, 0) is 9.47 Å². The van der Waals surface area contributed by atoms with Crippen molar-refractivity contribution in [2.45, 2.75) is 25.7 Å². The van der Waals surface area contributed by atoms with E-state index in [-0.39, 0.29) is 11.3 Å². The molecule has 1 aliphatic rings. The van der Waals surface area contributed by atoms with Crippen LogP contribution in [0.1, 0.15) is 13.8 Å². The molecule has 0 bridgehead atoms. The summed E-state index contributed by atoms with van der Waals surface area (Å²) in [4.78, 5) is 0. The summed E-state index contributed by atoms with van der Waals surface area (Å²) in [5.74, 6) is 0.154. The lowest BCUT2D eigenvalue weighted by atomic mass is 10.4. The summed E-state index contributed by atoms with van der Waals surface area (Å²) in [6.45, 7) is 4.31. The SMILES string of the molecule is CC1(C)OCC(CS/C(N)=C(N)/C=C(\N)Cl)O1. The molecule has 17 heavy (non-hydrogen) atoms. The van der Waals surface area contributed by atoms with Crippen molar-refractivity contribution in [3.8, 4) is 0 Å². The molecule has 0 saturated carbocycles. The highest BCUT2D eigenvalue weighted by Gasteiger charge is 2.32. The molecule has 5 nitrogen and oxygen atoms in total. The Morgan fingerprint density at radius 3 is 2.59 bits per heavy atom. The van der Waals surface area contributed by atoms with Crippen LogP contribution in [0, 0.1) is 0 Å². The molecule has 0 spiro atoms. The molecule has 1 fully saturated rings. The number of thioether (sulfide) groups is 1. The van der Waals surface area contributed by atoms with Gasteiger partial charge < -0.3 is 26.7 Å². The summed E-state index contributed by atoms with van der Waals surface area (Å²) in [7, 11) is 0. The lowest BCUT2D eigenvalue weighted by Crippen LogP contribution is -2.22. The third-order valence-electron chi connectivity index (χ3n) is 2.07. The molecule has 7 heteroatoms. The van der Waals surface area contributed by atoms with Crippen molar-refractivity contribution in [1.82, 2.24) is 0 Å². The zero-order valence-corrected chi connectivity index (χ0v) is 11.5. The summed E-state index contributed by atoms with van der Waals surface area (Å²) in [6, 6.07) is 0. The van der Waals surface area contributed by atoms with Crippen LogP contribution >= 0.6 is 23.4 Å². The fourth-order valence-electron chi connectivity index (χ4n) is 1.33. The zero-order valence-electron chi connectivity index (χ0n) is 9.90. The Labute approximate surface area is 110 Å². The number of allylic oxidation sites excluding steroid dienone is 1. The Bertz CT molecular complexity index is 340. The van der Waals surface area contributed by atoms with Gasteiger partial charge >= 0.3 is 0 Å². The molecule has 0 aromatic carbocycles. The highest BCUT2D eigenvalue weighted by Crippen LogP contribution is 2.26. The van der Waals surface area contributed by atoms with E-state index in [1.54, 1.807) is 0 Å². The minimum Gasteiger partial charge on any atom is -0.397 e. The van der Waals surface area contributed by atoms with Gasteiger partial charge in [-0.05, 0) is 19.9 Å². The number of rotatable bonds is 4. The molecule has 0 aromatic heterocycles. The topological polar surface area (TPSA) is 96.5 Å². The fourth-order valence-corrected chi connectivity index (χ4v) is 2.20. The maximum Gasteiger partial charge on any atom is 0.163 e. The summed E-state index contributed by atoms with van der Waals surface area (Å²) < 4.78 is 11.1. The average Bonchev–Trinajstić information content (AvgIpc) is 2.53. The van der Waals surface area contributed by atoms with E-state index in [4.69, 9.17) is 38.3 Å². The first-order valence-electron chi connectivity index (χ1n) is 5.12. The summed E-state index contributed by atoms with van der Waals surface area (Å²) in [6.07, 6.45) is 1.43. The van der Waals surface area contributed by atoms with Gasteiger partial charge in [0.1, 0.15) is 5.16 Å². The van der Waals surface area contributed by atoms with Crippen LogP contribution in [0.25, 0.3) is 0 Å². The van der Waals surface area contributed by atoms with Crippen molar-refractivity contribution >= 4 is 23.4 Å². The normalized spacial score (nSPS) is 25.8. The van der Waals surface area contributed by atoms with E-state index in [0.29, 0.717) is 23.1 Å².